The van der Waals surface area contributed by atoms with Crippen LogP contribution in [0.4, 0.5) is 0 Å². The van der Waals surface area contributed by atoms with E-state index in [4.69, 9.17) is 0 Å². The second kappa shape index (κ2) is 5.97. The molecule has 2 aromatic heterocycles. The van der Waals surface area contributed by atoms with Crippen molar-refractivity contribution in [1.29, 1.82) is 0 Å². The SMILES string of the molecule is CCCNC(c1cnnn1C)c1cc(CC)nn1C. The molecule has 0 amide bonds. The second-order valence-electron chi connectivity index (χ2n) is 4.71. The Morgan fingerprint density at radius 1 is 1.21 bits per heavy atom. The summed E-state index contributed by atoms with van der Waals surface area (Å²) in [5.41, 5.74) is 3.31. The molecule has 6 nitrogen and oxygen atoms in total. The van der Waals surface area contributed by atoms with Gasteiger partial charge in [0.15, 0.2) is 0 Å². The van der Waals surface area contributed by atoms with Gasteiger partial charge in [-0.3, -0.25) is 9.36 Å². The molecule has 104 valence electrons. The van der Waals surface area contributed by atoms with Crippen molar-refractivity contribution in [1.82, 2.24) is 30.1 Å². The van der Waals surface area contributed by atoms with Crippen LogP contribution in [0.2, 0.25) is 0 Å². The number of hydrogen-bond donors (Lipinski definition) is 1. The molecule has 0 aromatic carbocycles. The molecule has 0 radical (unpaired) electrons. The summed E-state index contributed by atoms with van der Waals surface area (Å²) >= 11 is 0. The first-order valence-electron chi connectivity index (χ1n) is 6.78. The van der Waals surface area contributed by atoms with E-state index >= 15 is 0 Å². The Morgan fingerprint density at radius 3 is 2.53 bits per heavy atom. The van der Waals surface area contributed by atoms with E-state index < -0.39 is 0 Å². The molecule has 0 spiro atoms. The minimum atomic E-state index is 0.0812. The zero-order valence-corrected chi connectivity index (χ0v) is 12.1. The van der Waals surface area contributed by atoms with Crippen molar-refractivity contribution < 1.29 is 0 Å². The van der Waals surface area contributed by atoms with Crippen molar-refractivity contribution >= 4 is 0 Å². The van der Waals surface area contributed by atoms with Gasteiger partial charge in [-0.1, -0.05) is 19.1 Å². The lowest BCUT2D eigenvalue weighted by molar-refractivity contribution is 0.518. The number of aromatic nitrogens is 5. The highest BCUT2D eigenvalue weighted by molar-refractivity contribution is 5.22. The van der Waals surface area contributed by atoms with E-state index in [-0.39, 0.29) is 6.04 Å². The predicted molar refractivity (Wildman–Crippen MR) is 73.7 cm³/mol. The number of nitrogens with zero attached hydrogens (tertiary/aromatic N) is 5. The fourth-order valence-electron chi connectivity index (χ4n) is 2.19. The molecule has 1 N–H and O–H groups in total. The van der Waals surface area contributed by atoms with Crippen LogP contribution < -0.4 is 5.32 Å². The number of hydrogen-bond acceptors (Lipinski definition) is 4. The molecular formula is C13H22N6. The van der Waals surface area contributed by atoms with Gasteiger partial charge in [0, 0.05) is 14.1 Å². The normalized spacial score (nSPS) is 12.8. The van der Waals surface area contributed by atoms with Crippen LogP contribution >= 0.6 is 0 Å². The first kappa shape index (κ1) is 13.7. The fourth-order valence-corrected chi connectivity index (χ4v) is 2.19. The molecule has 0 saturated heterocycles. The zero-order chi connectivity index (χ0) is 13.8. The lowest BCUT2D eigenvalue weighted by Crippen LogP contribution is -2.27. The average molecular weight is 262 g/mol. The van der Waals surface area contributed by atoms with Crippen LogP contribution in [0, 0.1) is 0 Å². The smallest absolute Gasteiger partial charge is 0.0935 e. The van der Waals surface area contributed by atoms with Gasteiger partial charge < -0.3 is 5.32 Å². The Hall–Kier alpha value is -1.69. The molecule has 2 heterocycles. The molecule has 0 aliphatic carbocycles. The van der Waals surface area contributed by atoms with Crippen LogP contribution in [-0.2, 0) is 20.5 Å². The molecule has 2 rings (SSSR count). The van der Waals surface area contributed by atoms with E-state index in [1.807, 2.05) is 29.7 Å². The Bertz CT molecular complexity index is 527. The monoisotopic (exact) mass is 262 g/mol. The summed E-state index contributed by atoms with van der Waals surface area (Å²) < 4.78 is 3.76. The predicted octanol–water partition coefficient (Wildman–Crippen LogP) is 1.20. The minimum Gasteiger partial charge on any atom is -0.304 e. The van der Waals surface area contributed by atoms with Gasteiger partial charge in [-0.25, -0.2) is 0 Å². The molecule has 1 atom stereocenters. The lowest BCUT2D eigenvalue weighted by atomic mass is 10.1. The van der Waals surface area contributed by atoms with Crippen LogP contribution in [0.15, 0.2) is 12.3 Å². The van der Waals surface area contributed by atoms with Gasteiger partial charge in [-0.2, -0.15) is 5.10 Å². The van der Waals surface area contributed by atoms with Crippen molar-refractivity contribution in [3.8, 4) is 0 Å². The van der Waals surface area contributed by atoms with Crippen LogP contribution in [-0.4, -0.2) is 31.3 Å². The summed E-state index contributed by atoms with van der Waals surface area (Å²) in [4.78, 5) is 0. The molecule has 2 aromatic rings. The third-order valence-corrected chi connectivity index (χ3v) is 3.27. The largest absolute Gasteiger partial charge is 0.304 e. The molecule has 0 bridgehead atoms. The molecule has 6 heteroatoms. The molecular weight excluding hydrogens is 240 g/mol. The summed E-state index contributed by atoms with van der Waals surface area (Å²) in [6, 6.07) is 2.23. The lowest BCUT2D eigenvalue weighted by Gasteiger charge is -2.18. The van der Waals surface area contributed by atoms with Gasteiger partial charge in [0.2, 0.25) is 0 Å². The highest BCUT2D eigenvalue weighted by Gasteiger charge is 2.21. The topological polar surface area (TPSA) is 60.6 Å². The fraction of sp³-hybridized carbons (Fsp3) is 0.615. The molecule has 19 heavy (non-hydrogen) atoms. The zero-order valence-electron chi connectivity index (χ0n) is 12.1. The molecule has 0 fully saturated rings. The molecule has 0 saturated carbocycles. The van der Waals surface area contributed by atoms with Gasteiger partial charge in [0.1, 0.15) is 0 Å². The van der Waals surface area contributed by atoms with E-state index in [0.717, 1.165) is 36.5 Å². The van der Waals surface area contributed by atoms with Crippen LogP contribution in [0.25, 0.3) is 0 Å². The molecule has 1 unspecified atom stereocenters. The minimum absolute atomic E-state index is 0.0812. The summed E-state index contributed by atoms with van der Waals surface area (Å²) in [6.07, 6.45) is 3.84. The van der Waals surface area contributed by atoms with Crippen molar-refractivity contribution in [2.75, 3.05) is 6.54 Å². The van der Waals surface area contributed by atoms with Crippen LogP contribution in [0.5, 0.6) is 0 Å². The van der Waals surface area contributed by atoms with Crippen molar-refractivity contribution in [3.05, 3.63) is 29.3 Å². The Kier molecular flexibility index (Phi) is 4.31. The van der Waals surface area contributed by atoms with Gasteiger partial charge in [-0.15, -0.1) is 5.10 Å². The maximum absolute atomic E-state index is 4.52. The second-order valence-corrected chi connectivity index (χ2v) is 4.71. The first-order chi connectivity index (χ1) is 9.17. The molecule has 0 aliphatic rings. The van der Waals surface area contributed by atoms with Crippen molar-refractivity contribution in [2.45, 2.75) is 32.7 Å². The van der Waals surface area contributed by atoms with Crippen LogP contribution in [0.1, 0.15) is 43.4 Å². The van der Waals surface area contributed by atoms with E-state index in [2.05, 4.69) is 40.6 Å². The van der Waals surface area contributed by atoms with E-state index in [1.54, 1.807) is 0 Å². The number of rotatable bonds is 6. The van der Waals surface area contributed by atoms with Gasteiger partial charge in [0.25, 0.3) is 0 Å². The standard InChI is InChI=1S/C13H22N6/c1-5-7-14-13(12-9-15-17-19(12)4)11-8-10(6-2)16-18(11)3/h8-9,13-14H,5-7H2,1-4H3. The van der Waals surface area contributed by atoms with Gasteiger partial charge >= 0.3 is 0 Å². The average Bonchev–Trinajstić information content (AvgIpc) is 2.98. The van der Waals surface area contributed by atoms with Gasteiger partial charge in [-0.05, 0) is 25.5 Å². The maximum Gasteiger partial charge on any atom is 0.0935 e. The highest BCUT2D eigenvalue weighted by atomic mass is 15.4. The van der Waals surface area contributed by atoms with Crippen LogP contribution in [0.3, 0.4) is 0 Å². The van der Waals surface area contributed by atoms with E-state index in [9.17, 15) is 0 Å². The van der Waals surface area contributed by atoms with Crippen molar-refractivity contribution in [2.24, 2.45) is 14.1 Å². The quantitative estimate of drug-likeness (QED) is 0.850. The van der Waals surface area contributed by atoms with E-state index in [0.29, 0.717) is 0 Å². The highest BCUT2D eigenvalue weighted by Crippen LogP contribution is 2.21. The summed E-state index contributed by atoms with van der Waals surface area (Å²) in [5, 5.41) is 16.1. The number of nitrogens with one attached hydrogen (secondary N) is 1. The summed E-state index contributed by atoms with van der Waals surface area (Å²) in [7, 11) is 3.90. The Labute approximate surface area is 113 Å². The Balaban J connectivity index is 2.36. The Morgan fingerprint density at radius 2 is 2.00 bits per heavy atom. The third kappa shape index (κ3) is 2.84. The first-order valence-corrected chi connectivity index (χ1v) is 6.78. The number of aryl methyl sites for hydroxylation is 3. The van der Waals surface area contributed by atoms with E-state index in [1.165, 1.54) is 0 Å². The molecule has 0 aliphatic heterocycles. The summed E-state index contributed by atoms with van der Waals surface area (Å²) in [6.45, 7) is 5.22. The summed E-state index contributed by atoms with van der Waals surface area (Å²) in [5.74, 6) is 0. The third-order valence-electron chi connectivity index (χ3n) is 3.27. The maximum atomic E-state index is 4.52. The van der Waals surface area contributed by atoms with Crippen molar-refractivity contribution in [3.63, 3.8) is 0 Å². The van der Waals surface area contributed by atoms with Gasteiger partial charge in [0.05, 0.1) is 29.3 Å².